The smallest absolute Gasteiger partial charge is 0.136 e. The van der Waals surface area contributed by atoms with E-state index in [1.165, 1.54) is 54.9 Å². The van der Waals surface area contributed by atoms with Crippen LogP contribution in [0.5, 0.6) is 0 Å². The van der Waals surface area contributed by atoms with E-state index in [1.807, 2.05) is 6.07 Å². The van der Waals surface area contributed by atoms with E-state index in [1.54, 1.807) is 0 Å². The van der Waals surface area contributed by atoms with Crippen LogP contribution in [-0.4, -0.2) is 0 Å². The molecule has 0 saturated heterocycles. The van der Waals surface area contributed by atoms with Gasteiger partial charge in [-0.1, -0.05) is 170 Å². The van der Waals surface area contributed by atoms with Gasteiger partial charge in [0.2, 0.25) is 0 Å². The summed E-state index contributed by atoms with van der Waals surface area (Å²) in [6.45, 7) is 0. The Morgan fingerprint density at radius 3 is 1.62 bits per heavy atom. The molecule has 1 heterocycles. The van der Waals surface area contributed by atoms with E-state index in [0.717, 1.165) is 50.1 Å². The van der Waals surface area contributed by atoms with Crippen molar-refractivity contribution in [3.05, 3.63) is 224 Å². The Balaban J connectivity index is 1.04. The van der Waals surface area contributed by atoms with Crippen LogP contribution >= 0.6 is 0 Å². The molecule has 2 nitrogen and oxygen atoms in total. The van der Waals surface area contributed by atoms with Gasteiger partial charge in [-0.15, -0.1) is 0 Å². The quantitative estimate of drug-likeness (QED) is 0.162. The molecule has 0 spiro atoms. The minimum atomic E-state index is 0.898. The van der Waals surface area contributed by atoms with E-state index in [9.17, 15) is 0 Å². The maximum atomic E-state index is 6.55. The number of para-hydroxylation sites is 2. The summed E-state index contributed by atoms with van der Waals surface area (Å²) in [7, 11) is 0. The lowest BCUT2D eigenvalue weighted by molar-refractivity contribution is 0.669. The van der Waals surface area contributed by atoms with Gasteiger partial charge in [-0.25, -0.2) is 0 Å². The summed E-state index contributed by atoms with van der Waals surface area (Å²) in [5, 5.41) is 7.13. The average Bonchev–Trinajstić information content (AvgIpc) is 3.69. The summed E-state index contributed by atoms with van der Waals surface area (Å²) in [4.78, 5) is 2.37. The van der Waals surface area contributed by atoms with Crippen molar-refractivity contribution >= 4 is 60.5 Å². The number of furan rings is 1. The number of hydrogen-bond acceptors (Lipinski definition) is 2. The first kappa shape index (κ1) is 33.6. The standard InChI is InChI=1S/C56H37NO/c1-3-13-38(14-4-1)40-25-30-46(31-26-40)57(53-21-11-9-19-48(53)42-16-5-2-6-17-42)47-32-27-41(28-33-47)44-29-34-49-51(45-24-23-39-15-7-8-18-43(39)35-45)37-55-56(52(49)36-44)50-20-10-12-22-54(50)58-55/h1-37H. The summed E-state index contributed by atoms with van der Waals surface area (Å²) >= 11 is 0. The summed E-state index contributed by atoms with van der Waals surface area (Å²) in [5.41, 5.74) is 14.5. The fourth-order valence-electron chi connectivity index (χ4n) is 8.61. The van der Waals surface area contributed by atoms with Crippen molar-refractivity contribution in [2.24, 2.45) is 0 Å². The van der Waals surface area contributed by atoms with Gasteiger partial charge in [0.1, 0.15) is 11.2 Å². The molecular formula is C56H37NO. The van der Waals surface area contributed by atoms with Crippen LogP contribution in [0.2, 0.25) is 0 Å². The van der Waals surface area contributed by atoms with Crippen molar-refractivity contribution < 1.29 is 4.42 Å². The molecule has 2 heteroatoms. The second kappa shape index (κ2) is 14.1. The number of anilines is 3. The summed E-state index contributed by atoms with van der Waals surface area (Å²) in [6.07, 6.45) is 0. The van der Waals surface area contributed by atoms with Crippen molar-refractivity contribution in [2.75, 3.05) is 4.90 Å². The SMILES string of the molecule is c1ccc(-c2ccc(N(c3ccc(-c4ccc5c(-c6ccc7ccccc7c6)cc6oc7ccccc7c6c5c4)cc3)c3ccccc3-c3ccccc3)cc2)cc1. The third kappa shape index (κ3) is 5.91. The molecule has 0 aliphatic rings. The zero-order valence-electron chi connectivity index (χ0n) is 31.7. The van der Waals surface area contributed by atoms with Crippen LogP contribution in [-0.2, 0) is 0 Å². The topological polar surface area (TPSA) is 16.4 Å². The average molecular weight is 740 g/mol. The predicted molar refractivity (Wildman–Crippen MR) is 245 cm³/mol. The van der Waals surface area contributed by atoms with Gasteiger partial charge < -0.3 is 9.32 Å². The van der Waals surface area contributed by atoms with Crippen molar-refractivity contribution in [2.45, 2.75) is 0 Å². The lowest BCUT2D eigenvalue weighted by Gasteiger charge is -2.28. The van der Waals surface area contributed by atoms with E-state index in [2.05, 4.69) is 223 Å². The monoisotopic (exact) mass is 739 g/mol. The minimum absolute atomic E-state index is 0.898. The van der Waals surface area contributed by atoms with Crippen molar-refractivity contribution in [3.8, 4) is 44.5 Å². The molecule has 0 amide bonds. The first-order chi connectivity index (χ1) is 28.7. The Bertz CT molecular complexity index is 3250. The molecule has 0 fully saturated rings. The first-order valence-electron chi connectivity index (χ1n) is 19.8. The summed E-state index contributed by atoms with van der Waals surface area (Å²) in [6, 6.07) is 80.6. The van der Waals surface area contributed by atoms with Crippen LogP contribution in [0.1, 0.15) is 0 Å². The first-order valence-corrected chi connectivity index (χ1v) is 19.8. The molecular weight excluding hydrogens is 703 g/mol. The molecule has 1 aromatic heterocycles. The van der Waals surface area contributed by atoms with Gasteiger partial charge in [0.15, 0.2) is 0 Å². The van der Waals surface area contributed by atoms with Crippen LogP contribution in [0.4, 0.5) is 17.1 Å². The third-order valence-corrected chi connectivity index (χ3v) is 11.5. The number of nitrogens with zero attached hydrogens (tertiary/aromatic N) is 1. The van der Waals surface area contributed by atoms with Crippen LogP contribution in [0.15, 0.2) is 229 Å². The molecule has 0 aliphatic carbocycles. The van der Waals surface area contributed by atoms with Crippen molar-refractivity contribution in [3.63, 3.8) is 0 Å². The molecule has 272 valence electrons. The fourth-order valence-corrected chi connectivity index (χ4v) is 8.61. The molecule has 0 saturated carbocycles. The molecule has 0 N–H and O–H groups in total. The molecule has 0 unspecified atom stereocenters. The Labute approximate surface area is 337 Å². The van der Waals surface area contributed by atoms with Gasteiger partial charge in [-0.2, -0.15) is 0 Å². The number of rotatable bonds is 7. The second-order valence-corrected chi connectivity index (χ2v) is 14.9. The molecule has 0 aliphatic heterocycles. The molecule has 10 aromatic carbocycles. The number of benzene rings is 10. The largest absolute Gasteiger partial charge is 0.456 e. The molecule has 58 heavy (non-hydrogen) atoms. The number of hydrogen-bond donors (Lipinski definition) is 0. The maximum Gasteiger partial charge on any atom is 0.136 e. The Kier molecular flexibility index (Phi) is 8.19. The highest BCUT2D eigenvalue weighted by atomic mass is 16.3. The third-order valence-electron chi connectivity index (χ3n) is 11.5. The van der Waals surface area contributed by atoms with Crippen LogP contribution in [0, 0.1) is 0 Å². The van der Waals surface area contributed by atoms with E-state index in [0.29, 0.717) is 0 Å². The minimum Gasteiger partial charge on any atom is -0.456 e. The lowest BCUT2D eigenvalue weighted by atomic mass is 9.91. The predicted octanol–water partition coefficient (Wildman–Crippen LogP) is 16.0. The van der Waals surface area contributed by atoms with Gasteiger partial charge >= 0.3 is 0 Å². The normalized spacial score (nSPS) is 11.4. The van der Waals surface area contributed by atoms with Gasteiger partial charge in [-0.3, -0.25) is 0 Å². The van der Waals surface area contributed by atoms with Gasteiger partial charge in [0, 0.05) is 27.7 Å². The molecule has 11 aromatic rings. The van der Waals surface area contributed by atoms with E-state index in [-0.39, 0.29) is 0 Å². The zero-order valence-corrected chi connectivity index (χ0v) is 31.7. The zero-order chi connectivity index (χ0) is 38.4. The van der Waals surface area contributed by atoms with Crippen LogP contribution in [0.3, 0.4) is 0 Å². The Morgan fingerprint density at radius 1 is 0.293 bits per heavy atom. The van der Waals surface area contributed by atoms with E-state index >= 15 is 0 Å². The molecule has 0 bridgehead atoms. The second-order valence-electron chi connectivity index (χ2n) is 14.9. The highest BCUT2D eigenvalue weighted by molar-refractivity contribution is 6.22. The van der Waals surface area contributed by atoms with Gasteiger partial charge in [0.25, 0.3) is 0 Å². The van der Waals surface area contributed by atoms with Gasteiger partial charge in [-0.05, 0) is 115 Å². The molecule has 0 atom stereocenters. The lowest BCUT2D eigenvalue weighted by Crippen LogP contribution is -2.11. The molecule has 0 radical (unpaired) electrons. The van der Waals surface area contributed by atoms with Crippen LogP contribution < -0.4 is 4.90 Å². The maximum absolute atomic E-state index is 6.55. The van der Waals surface area contributed by atoms with Crippen molar-refractivity contribution in [1.29, 1.82) is 0 Å². The molecule has 11 rings (SSSR count). The van der Waals surface area contributed by atoms with Gasteiger partial charge in [0.05, 0.1) is 5.69 Å². The summed E-state index contributed by atoms with van der Waals surface area (Å²) < 4.78 is 6.55. The number of fused-ring (bicyclic) bond motifs is 6. The highest BCUT2D eigenvalue weighted by Crippen LogP contribution is 2.44. The fraction of sp³-hybridized carbons (Fsp3) is 0. The summed E-state index contributed by atoms with van der Waals surface area (Å²) in [5.74, 6) is 0. The van der Waals surface area contributed by atoms with E-state index < -0.39 is 0 Å². The Morgan fingerprint density at radius 2 is 0.862 bits per heavy atom. The van der Waals surface area contributed by atoms with Crippen LogP contribution in [0.25, 0.3) is 88.0 Å². The van der Waals surface area contributed by atoms with Crippen molar-refractivity contribution in [1.82, 2.24) is 0 Å². The Hall–Kier alpha value is -7.68. The highest BCUT2D eigenvalue weighted by Gasteiger charge is 2.19. The van der Waals surface area contributed by atoms with E-state index in [4.69, 9.17) is 4.42 Å².